The number of alkyl halides is 3. The van der Waals surface area contributed by atoms with Gasteiger partial charge in [-0.05, 0) is 79.8 Å². The average Bonchev–Trinajstić information content (AvgIpc) is 3.34. The van der Waals surface area contributed by atoms with Crippen LogP contribution in [0.4, 0.5) is 24.5 Å². The van der Waals surface area contributed by atoms with Crippen LogP contribution in [0.15, 0.2) is 51.8 Å². The molecule has 3 aromatic rings. The minimum Gasteiger partial charge on any atom is -0.461 e. The SMILES string of the molecule is CCc1c(C=C2C(=O)Nc3ccc(S(=O)(=O)Nc4ccc(C(F)(F)F)cc4)cc32)oc2c1CCCC2. The number of sulfonamides is 1. The van der Waals surface area contributed by atoms with E-state index in [-0.39, 0.29) is 22.1 Å². The Morgan fingerprint density at radius 3 is 2.50 bits per heavy atom. The molecule has 1 aliphatic heterocycles. The lowest BCUT2D eigenvalue weighted by Gasteiger charge is -2.11. The number of aryl methyl sites for hydroxylation is 1. The molecule has 0 radical (unpaired) electrons. The number of hydrogen-bond acceptors (Lipinski definition) is 4. The van der Waals surface area contributed by atoms with Crippen LogP contribution in [0.3, 0.4) is 0 Å². The Morgan fingerprint density at radius 1 is 1.08 bits per heavy atom. The number of benzene rings is 2. The van der Waals surface area contributed by atoms with Gasteiger partial charge in [-0.2, -0.15) is 13.2 Å². The zero-order valence-electron chi connectivity index (χ0n) is 19.3. The smallest absolute Gasteiger partial charge is 0.416 e. The predicted molar refractivity (Wildman–Crippen MR) is 130 cm³/mol. The van der Waals surface area contributed by atoms with Crippen molar-refractivity contribution in [1.82, 2.24) is 0 Å². The van der Waals surface area contributed by atoms with Crippen molar-refractivity contribution in [3.05, 3.63) is 76.2 Å². The van der Waals surface area contributed by atoms with Crippen LogP contribution in [0.2, 0.25) is 0 Å². The van der Waals surface area contributed by atoms with Crippen molar-refractivity contribution in [3.63, 3.8) is 0 Å². The number of furan rings is 1. The molecule has 2 heterocycles. The number of carbonyl (C=O) groups excluding carboxylic acids is 1. The summed E-state index contributed by atoms with van der Waals surface area (Å²) in [6.07, 6.45) is 1.82. The number of halogens is 3. The Labute approximate surface area is 206 Å². The average molecular weight is 517 g/mol. The molecule has 0 spiro atoms. The Balaban J connectivity index is 1.48. The van der Waals surface area contributed by atoms with Gasteiger partial charge in [0.15, 0.2) is 0 Å². The molecule has 0 saturated carbocycles. The molecule has 1 aromatic heterocycles. The lowest BCUT2D eigenvalue weighted by Crippen LogP contribution is -2.13. The van der Waals surface area contributed by atoms with Crippen LogP contribution in [-0.2, 0) is 40.3 Å². The van der Waals surface area contributed by atoms with E-state index in [2.05, 4.69) is 10.0 Å². The van der Waals surface area contributed by atoms with E-state index in [9.17, 15) is 26.4 Å². The van der Waals surface area contributed by atoms with Gasteiger partial charge in [0.05, 0.1) is 16.0 Å². The Kier molecular flexibility index (Phi) is 5.94. The summed E-state index contributed by atoms with van der Waals surface area (Å²) >= 11 is 0. The summed E-state index contributed by atoms with van der Waals surface area (Å²) in [5.74, 6) is 1.19. The minimum atomic E-state index is -4.52. The van der Waals surface area contributed by atoms with Crippen molar-refractivity contribution in [2.75, 3.05) is 10.0 Å². The number of fused-ring (bicyclic) bond motifs is 2. The number of rotatable bonds is 5. The highest BCUT2D eigenvalue weighted by Crippen LogP contribution is 2.38. The third-order valence-corrected chi connectivity index (χ3v) is 7.87. The lowest BCUT2D eigenvalue weighted by atomic mass is 9.93. The van der Waals surface area contributed by atoms with Crippen LogP contribution in [0.5, 0.6) is 0 Å². The van der Waals surface area contributed by atoms with E-state index in [0.29, 0.717) is 17.0 Å². The zero-order chi connectivity index (χ0) is 25.7. The fourth-order valence-corrected chi connectivity index (χ4v) is 5.79. The molecule has 10 heteroatoms. The Hall–Kier alpha value is -3.53. The van der Waals surface area contributed by atoms with Gasteiger partial charge in [0.25, 0.3) is 15.9 Å². The first-order valence-electron chi connectivity index (χ1n) is 11.6. The van der Waals surface area contributed by atoms with Crippen molar-refractivity contribution < 1.29 is 30.8 Å². The van der Waals surface area contributed by atoms with E-state index in [1.807, 2.05) is 6.92 Å². The molecular formula is C26H23F3N2O4S. The van der Waals surface area contributed by atoms with E-state index < -0.39 is 21.8 Å². The van der Waals surface area contributed by atoms with Gasteiger partial charge in [-0.15, -0.1) is 0 Å². The second kappa shape index (κ2) is 8.85. The normalized spacial score (nSPS) is 16.6. The molecule has 6 nitrogen and oxygen atoms in total. The summed E-state index contributed by atoms with van der Waals surface area (Å²) in [4.78, 5) is 12.6. The Morgan fingerprint density at radius 2 is 1.81 bits per heavy atom. The second-order valence-corrected chi connectivity index (χ2v) is 10.5. The third-order valence-electron chi connectivity index (χ3n) is 6.49. The molecule has 1 amide bonds. The van der Waals surface area contributed by atoms with Crippen LogP contribution in [0.25, 0.3) is 11.6 Å². The molecule has 2 aliphatic rings. The second-order valence-electron chi connectivity index (χ2n) is 8.81. The van der Waals surface area contributed by atoms with E-state index in [1.165, 1.54) is 23.8 Å². The van der Waals surface area contributed by atoms with Gasteiger partial charge in [0, 0.05) is 28.9 Å². The summed E-state index contributed by atoms with van der Waals surface area (Å²) in [7, 11) is -4.13. The molecule has 0 fully saturated rings. The fraction of sp³-hybridized carbons (Fsp3) is 0.269. The van der Waals surface area contributed by atoms with Gasteiger partial charge >= 0.3 is 6.18 Å². The molecular weight excluding hydrogens is 493 g/mol. The highest BCUT2D eigenvalue weighted by molar-refractivity contribution is 7.92. The van der Waals surface area contributed by atoms with Gasteiger partial charge in [0.2, 0.25) is 0 Å². The Bertz CT molecular complexity index is 1490. The van der Waals surface area contributed by atoms with E-state index in [4.69, 9.17) is 4.42 Å². The first-order valence-corrected chi connectivity index (χ1v) is 13.1. The van der Waals surface area contributed by atoms with Crippen LogP contribution in [0.1, 0.15) is 53.5 Å². The number of carbonyl (C=O) groups is 1. The topological polar surface area (TPSA) is 88.4 Å². The van der Waals surface area contributed by atoms with Crippen molar-refractivity contribution in [1.29, 1.82) is 0 Å². The molecule has 2 N–H and O–H groups in total. The van der Waals surface area contributed by atoms with Crippen LogP contribution < -0.4 is 10.0 Å². The maximum absolute atomic E-state index is 13.0. The molecule has 0 atom stereocenters. The largest absolute Gasteiger partial charge is 0.461 e. The molecule has 5 rings (SSSR count). The monoisotopic (exact) mass is 516 g/mol. The number of nitrogens with one attached hydrogen (secondary N) is 2. The van der Waals surface area contributed by atoms with Crippen molar-refractivity contribution in [2.45, 2.75) is 50.1 Å². The van der Waals surface area contributed by atoms with Gasteiger partial charge in [-0.1, -0.05) is 6.92 Å². The minimum absolute atomic E-state index is 0.0118. The van der Waals surface area contributed by atoms with E-state index in [1.54, 1.807) is 6.08 Å². The van der Waals surface area contributed by atoms with E-state index >= 15 is 0 Å². The first kappa shape index (κ1) is 24.2. The summed E-state index contributed by atoms with van der Waals surface area (Å²) < 4.78 is 72.8. The van der Waals surface area contributed by atoms with Crippen LogP contribution >= 0.6 is 0 Å². The zero-order valence-corrected chi connectivity index (χ0v) is 20.1. The third kappa shape index (κ3) is 4.41. The first-order chi connectivity index (χ1) is 17.1. The van der Waals surface area contributed by atoms with Gasteiger partial charge in [0.1, 0.15) is 11.5 Å². The molecule has 2 aromatic carbocycles. The van der Waals surface area contributed by atoms with Crippen molar-refractivity contribution in [3.8, 4) is 0 Å². The van der Waals surface area contributed by atoms with Crippen LogP contribution in [-0.4, -0.2) is 14.3 Å². The molecule has 0 saturated heterocycles. The number of hydrogen-bond donors (Lipinski definition) is 2. The van der Waals surface area contributed by atoms with Crippen LogP contribution in [0, 0.1) is 0 Å². The fourth-order valence-electron chi connectivity index (χ4n) is 4.71. The lowest BCUT2D eigenvalue weighted by molar-refractivity contribution is -0.137. The van der Waals surface area contributed by atoms with Crippen molar-refractivity contribution in [2.24, 2.45) is 0 Å². The van der Waals surface area contributed by atoms with Gasteiger partial charge < -0.3 is 9.73 Å². The summed E-state index contributed by atoms with van der Waals surface area (Å²) in [6.45, 7) is 2.03. The predicted octanol–water partition coefficient (Wildman–Crippen LogP) is 6.03. The number of amides is 1. The standard InChI is InChI=1S/C26H23F3N2O4S/c1-2-18-19-5-3-4-6-23(19)35-24(18)14-21-20-13-17(11-12-22(20)30-25(21)32)36(33,34)31-16-9-7-15(8-10-16)26(27,28)29/h7-14,31H,2-6H2,1H3,(H,30,32). The summed E-state index contributed by atoms with van der Waals surface area (Å²) in [5, 5.41) is 2.74. The summed E-state index contributed by atoms with van der Waals surface area (Å²) in [5.41, 5.74) is 2.53. The highest BCUT2D eigenvalue weighted by atomic mass is 32.2. The van der Waals surface area contributed by atoms with Gasteiger partial charge in [-0.25, -0.2) is 8.42 Å². The summed E-state index contributed by atoms with van der Waals surface area (Å²) in [6, 6.07) is 7.90. The maximum Gasteiger partial charge on any atom is 0.416 e. The van der Waals surface area contributed by atoms with Gasteiger partial charge in [-0.3, -0.25) is 9.52 Å². The van der Waals surface area contributed by atoms with E-state index in [0.717, 1.165) is 67.7 Å². The highest BCUT2D eigenvalue weighted by Gasteiger charge is 2.31. The molecule has 188 valence electrons. The molecule has 0 unspecified atom stereocenters. The number of anilines is 2. The molecule has 1 aliphatic carbocycles. The molecule has 0 bridgehead atoms. The van der Waals surface area contributed by atoms with Crippen molar-refractivity contribution >= 4 is 39.0 Å². The molecule has 36 heavy (non-hydrogen) atoms. The maximum atomic E-state index is 13.0. The quantitative estimate of drug-likeness (QED) is 0.405.